The average molecular weight is 306 g/mol. The Morgan fingerprint density at radius 3 is 2.90 bits per heavy atom. The molecule has 2 aromatic rings. The Bertz CT molecular complexity index is 712. The van der Waals surface area contributed by atoms with E-state index in [1.807, 2.05) is 22.9 Å². The molecule has 1 fully saturated rings. The van der Waals surface area contributed by atoms with Crippen LogP contribution in [0.1, 0.15) is 24.5 Å². The first kappa shape index (κ1) is 14.2. The monoisotopic (exact) mass is 306 g/mol. The van der Waals surface area contributed by atoms with Gasteiger partial charge in [0.2, 0.25) is 10.0 Å². The van der Waals surface area contributed by atoms with Crippen LogP contribution in [0.25, 0.3) is 5.69 Å². The van der Waals surface area contributed by atoms with E-state index in [1.165, 1.54) is 6.26 Å². The van der Waals surface area contributed by atoms with Crippen molar-refractivity contribution in [3.63, 3.8) is 0 Å². The fraction of sp³-hybridized carbons (Fsp3) is 0.429. The van der Waals surface area contributed by atoms with Gasteiger partial charge in [0.15, 0.2) is 0 Å². The SMILES string of the molecule is CS(=O)(=O)N1CCC[C@H](c2cc(-n3ccnc3)ccn2)C1. The molecule has 3 heterocycles. The van der Waals surface area contributed by atoms with E-state index < -0.39 is 10.0 Å². The van der Waals surface area contributed by atoms with Gasteiger partial charge in [0, 0.05) is 49.0 Å². The topological polar surface area (TPSA) is 68.1 Å². The van der Waals surface area contributed by atoms with Crippen LogP contribution in [0.5, 0.6) is 0 Å². The molecule has 7 heteroatoms. The minimum absolute atomic E-state index is 0.150. The van der Waals surface area contributed by atoms with Crippen molar-refractivity contribution in [2.24, 2.45) is 0 Å². The van der Waals surface area contributed by atoms with Gasteiger partial charge in [-0.1, -0.05) is 0 Å². The molecule has 0 N–H and O–H groups in total. The molecule has 1 saturated heterocycles. The lowest BCUT2D eigenvalue weighted by Gasteiger charge is -2.30. The van der Waals surface area contributed by atoms with Crippen LogP contribution in [0.4, 0.5) is 0 Å². The largest absolute Gasteiger partial charge is 0.306 e. The highest BCUT2D eigenvalue weighted by molar-refractivity contribution is 7.88. The summed E-state index contributed by atoms with van der Waals surface area (Å²) in [5.41, 5.74) is 1.93. The Morgan fingerprint density at radius 1 is 1.33 bits per heavy atom. The second-order valence-corrected chi connectivity index (χ2v) is 7.35. The third-order valence-electron chi connectivity index (χ3n) is 3.84. The summed E-state index contributed by atoms with van der Waals surface area (Å²) in [7, 11) is -3.13. The summed E-state index contributed by atoms with van der Waals surface area (Å²) in [6, 6.07) is 3.93. The van der Waals surface area contributed by atoms with Crippen LogP contribution in [0.15, 0.2) is 37.1 Å². The molecule has 0 saturated carbocycles. The van der Waals surface area contributed by atoms with E-state index in [9.17, 15) is 8.42 Å². The van der Waals surface area contributed by atoms with E-state index in [4.69, 9.17) is 0 Å². The number of nitrogens with zero attached hydrogens (tertiary/aromatic N) is 4. The number of rotatable bonds is 3. The summed E-state index contributed by atoms with van der Waals surface area (Å²) < 4.78 is 26.9. The van der Waals surface area contributed by atoms with Crippen LogP contribution < -0.4 is 0 Å². The molecule has 112 valence electrons. The van der Waals surface area contributed by atoms with Gasteiger partial charge in [-0.25, -0.2) is 17.7 Å². The molecule has 1 atom stereocenters. The van der Waals surface area contributed by atoms with Gasteiger partial charge in [0.05, 0.1) is 12.6 Å². The quantitative estimate of drug-likeness (QED) is 0.860. The Kier molecular flexibility index (Phi) is 3.77. The Labute approximate surface area is 124 Å². The third kappa shape index (κ3) is 3.14. The molecule has 6 nitrogen and oxygen atoms in total. The molecular formula is C14H18N4O2S. The van der Waals surface area contributed by atoms with Crippen molar-refractivity contribution in [1.29, 1.82) is 0 Å². The Balaban J connectivity index is 1.85. The molecule has 0 bridgehead atoms. The van der Waals surface area contributed by atoms with Gasteiger partial charge < -0.3 is 4.57 Å². The lowest BCUT2D eigenvalue weighted by Crippen LogP contribution is -2.38. The van der Waals surface area contributed by atoms with Crippen molar-refractivity contribution in [3.8, 4) is 5.69 Å². The van der Waals surface area contributed by atoms with Crippen LogP contribution in [-0.2, 0) is 10.0 Å². The molecule has 0 aromatic carbocycles. The minimum Gasteiger partial charge on any atom is -0.306 e. The fourth-order valence-electron chi connectivity index (χ4n) is 2.72. The number of imidazole rings is 1. The van der Waals surface area contributed by atoms with Crippen molar-refractivity contribution in [2.75, 3.05) is 19.3 Å². The van der Waals surface area contributed by atoms with Crippen molar-refractivity contribution >= 4 is 10.0 Å². The second-order valence-electron chi connectivity index (χ2n) is 5.37. The number of hydrogen-bond acceptors (Lipinski definition) is 4. The standard InChI is InChI=1S/C14H18N4O2S/c1-21(19,20)18-7-2-3-12(10-18)14-9-13(4-5-16-14)17-8-6-15-11-17/h4-6,8-9,11-12H,2-3,7,10H2,1H3/t12-/m0/s1. The summed E-state index contributed by atoms with van der Waals surface area (Å²) in [6.07, 6.45) is 10.2. The zero-order chi connectivity index (χ0) is 14.9. The van der Waals surface area contributed by atoms with E-state index in [2.05, 4.69) is 9.97 Å². The van der Waals surface area contributed by atoms with Crippen LogP contribution in [0.3, 0.4) is 0 Å². The first-order chi connectivity index (χ1) is 10.0. The predicted molar refractivity (Wildman–Crippen MR) is 79.8 cm³/mol. The zero-order valence-electron chi connectivity index (χ0n) is 11.9. The molecular weight excluding hydrogens is 288 g/mol. The van der Waals surface area contributed by atoms with Crippen molar-refractivity contribution in [3.05, 3.63) is 42.7 Å². The molecule has 2 aromatic heterocycles. The lowest BCUT2D eigenvalue weighted by molar-refractivity contribution is 0.314. The fourth-order valence-corrected chi connectivity index (χ4v) is 3.63. The molecule has 0 spiro atoms. The lowest BCUT2D eigenvalue weighted by atomic mass is 9.95. The summed E-state index contributed by atoms with van der Waals surface area (Å²) in [5.74, 6) is 0.150. The zero-order valence-corrected chi connectivity index (χ0v) is 12.7. The minimum atomic E-state index is -3.13. The van der Waals surface area contributed by atoms with Crippen LogP contribution in [-0.4, -0.2) is 46.6 Å². The van der Waals surface area contributed by atoms with Gasteiger partial charge in [0.25, 0.3) is 0 Å². The summed E-state index contributed by atoms with van der Waals surface area (Å²) in [6.45, 7) is 1.12. The first-order valence-electron chi connectivity index (χ1n) is 6.93. The van der Waals surface area contributed by atoms with Crippen molar-refractivity contribution in [1.82, 2.24) is 18.8 Å². The van der Waals surface area contributed by atoms with E-state index in [-0.39, 0.29) is 5.92 Å². The van der Waals surface area contributed by atoms with E-state index in [0.29, 0.717) is 13.1 Å². The number of piperidine rings is 1. The molecule has 3 rings (SSSR count). The molecule has 1 aliphatic heterocycles. The highest BCUT2D eigenvalue weighted by Gasteiger charge is 2.27. The maximum Gasteiger partial charge on any atom is 0.211 e. The number of pyridine rings is 1. The van der Waals surface area contributed by atoms with E-state index in [0.717, 1.165) is 24.2 Å². The van der Waals surface area contributed by atoms with Gasteiger partial charge in [-0.05, 0) is 25.0 Å². The third-order valence-corrected chi connectivity index (χ3v) is 5.11. The molecule has 21 heavy (non-hydrogen) atoms. The maximum absolute atomic E-state index is 11.7. The number of sulfonamides is 1. The van der Waals surface area contributed by atoms with Crippen LogP contribution in [0.2, 0.25) is 0 Å². The first-order valence-corrected chi connectivity index (χ1v) is 8.78. The number of hydrogen-bond donors (Lipinski definition) is 0. The second kappa shape index (κ2) is 5.57. The highest BCUT2D eigenvalue weighted by Crippen LogP contribution is 2.27. The summed E-state index contributed by atoms with van der Waals surface area (Å²) in [4.78, 5) is 8.47. The number of aromatic nitrogens is 3. The Hall–Kier alpha value is -1.73. The highest BCUT2D eigenvalue weighted by atomic mass is 32.2. The Morgan fingerprint density at radius 2 is 2.19 bits per heavy atom. The smallest absolute Gasteiger partial charge is 0.211 e. The van der Waals surface area contributed by atoms with E-state index in [1.54, 1.807) is 23.0 Å². The normalized spacial score (nSPS) is 20.5. The summed E-state index contributed by atoms with van der Waals surface area (Å²) >= 11 is 0. The van der Waals surface area contributed by atoms with Crippen LogP contribution in [0, 0.1) is 0 Å². The van der Waals surface area contributed by atoms with Crippen molar-refractivity contribution < 1.29 is 8.42 Å². The average Bonchev–Trinajstić information content (AvgIpc) is 3.01. The maximum atomic E-state index is 11.7. The molecule has 1 aliphatic rings. The molecule has 0 aliphatic carbocycles. The van der Waals surface area contributed by atoms with Gasteiger partial charge in [0.1, 0.15) is 0 Å². The summed E-state index contributed by atoms with van der Waals surface area (Å²) in [5, 5.41) is 0. The van der Waals surface area contributed by atoms with Crippen molar-refractivity contribution in [2.45, 2.75) is 18.8 Å². The molecule has 0 radical (unpaired) electrons. The predicted octanol–water partition coefficient (Wildman–Crippen LogP) is 1.41. The molecule has 0 amide bonds. The van der Waals surface area contributed by atoms with Gasteiger partial charge in [-0.2, -0.15) is 0 Å². The van der Waals surface area contributed by atoms with E-state index >= 15 is 0 Å². The van der Waals surface area contributed by atoms with Gasteiger partial charge in [-0.15, -0.1) is 0 Å². The van der Waals surface area contributed by atoms with Crippen LogP contribution >= 0.6 is 0 Å². The molecule has 0 unspecified atom stereocenters. The van der Waals surface area contributed by atoms with Gasteiger partial charge >= 0.3 is 0 Å². The van der Waals surface area contributed by atoms with Gasteiger partial charge in [-0.3, -0.25) is 4.98 Å².